The van der Waals surface area contributed by atoms with E-state index in [1.807, 2.05) is 32.0 Å². The zero-order valence-electron chi connectivity index (χ0n) is 16.0. The summed E-state index contributed by atoms with van der Waals surface area (Å²) in [5.41, 5.74) is 3.20. The number of fused-ring (bicyclic) bond motifs is 1. The average molecular weight is 382 g/mol. The number of hydrogen-bond acceptors (Lipinski definition) is 5. The van der Waals surface area contributed by atoms with Gasteiger partial charge in [0.05, 0.1) is 29.5 Å². The van der Waals surface area contributed by atoms with Crippen LogP contribution in [0.25, 0.3) is 16.7 Å². The van der Waals surface area contributed by atoms with Gasteiger partial charge in [0.1, 0.15) is 0 Å². The van der Waals surface area contributed by atoms with Gasteiger partial charge in [-0.15, -0.1) is 0 Å². The number of nitrogens with one attached hydrogen (secondary N) is 1. The Morgan fingerprint density at radius 2 is 2.03 bits per heavy atom. The van der Waals surface area contributed by atoms with Crippen LogP contribution in [0, 0.1) is 11.3 Å². The summed E-state index contributed by atoms with van der Waals surface area (Å²) in [5, 5.41) is 17.6. The maximum absolute atomic E-state index is 13.0. The highest BCUT2D eigenvalue weighted by Crippen LogP contribution is 2.26. The first-order valence-corrected chi connectivity index (χ1v) is 9.17. The van der Waals surface area contributed by atoms with Gasteiger partial charge in [0.2, 0.25) is 0 Å². The maximum Gasteiger partial charge on any atom is 0.255 e. The topological polar surface area (TPSA) is 96.5 Å². The Kier molecular flexibility index (Phi) is 4.75. The van der Waals surface area contributed by atoms with E-state index >= 15 is 0 Å². The highest BCUT2D eigenvalue weighted by Gasteiger charge is 2.18. The second kappa shape index (κ2) is 7.52. The molecule has 2 aromatic heterocycles. The van der Waals surface area contributed by atoms with E-state index in [1.54, 1.807) is 47.7 Å². The number of anilines is 1. The third-order valence-electron chi connectivity index (χ3n) is 4.64. The quantitative estimate of drug-likeness (QED) is 0.574. The van der Waals surface area contributed by atoms with Crippen molar-refractivity contribution >= 4 is 22.5 Å². The molecule has 0 aliphatic rings. The van der Waals surface area contributed by atoms with Crippen molar-refractivity contribution in [3.63, 3.8) is 0 Å². The summed E-state index contributed by atoms with van der Waals surface area (Å²) in [7, 11) is 0. The molecule has 4 aromatic rings. The van der Waals surface area contributed by atoms with Crippen LogP contribution < -0.4 is 5.32 Å². The van der Waals surface area contributed by atoms with Crippen LogP contribution in [-0.2, 0) is 0 Å². The summed E-state index contributed by atoms with van der Waals surface area (Å²) in [5.74, 6) is 0.387. The molecule has 0 bridgehead atoms. The van der Waals surface area contributed by atoms with Gasteiger partial charge in [0, 0.05) is 29.0 Å². The van der Waals surface area contributed by atoms with Gasteiger partial charge in [-0.25, -0.2) is 9.67 Å². The molecule has 2 aromatic carbocycles. The van der Waals surface area contributed by atoms with Crippen LogP contribution >= 0.6 is 0 Å². The van der Waals surface area contributed by atoms with E-state index < -0.39 is 0 Å². The molecule has 29 heavy (non-hydrogen) atoms. The highest BCUT2D eigenvalue weighted by molar-refractivity contribution is 6.06. The number of hydrogen-bond donors (Lipinski definition) is 1. The van der Waals surface area contributed by atoms with Crippen molar-refractivity contribution in [2.45, 2.75) is 19.8 Å². The van der Waals surface area contributed by atoms with Crippen LogP contribution in [0.5, 0.6) is 0 Å². The molecule has 0 fully saturated rings. The summed E-state index contributed by atoms with van der Waals surface area (Å²) in [6, 6.07) is 12.9. The molecule has 0 saturated heterocycles. The van der Waals surface area contributed by atoms with Gasteiger partial charge in [-0.3, -0.25) is 9.78 Å². The van der Waals surface area contributed by atoms with Gasteiger partial charge in [-0.05, 0) is 41.8 Å². The molecule has 0 saturated carbocycles. The van der Waals surface area contributed by atoms with E-state index in [-0.39, 0.29) is 11.8 Å². The Morgan fingerprint density at radius 1 is 1.17 bits per heavy atom. The summed E-state index contributed by atoms with van der Waals surface area (Å²) in [6.07, 6.45) is 6.56. The van der Waals surface area contributed by atoms with E-state index in [9.17, 15) is 10.1 Å². The van der Waals surface area contributed by atoms with Crippen LogP contribution in [0.3, 0.4) is 0 Å². The van der Waals surface area contributed by atoms with Crippen molar-refractivity contribution in [3.05, 3.63) is 77.9 Å². The summed E-state index contributed by atoms with van der Waals surface area (Å²) in [4.78, 5) is 21.3. The molecular weight excluding hydrogens is 364 g/mol. The van der Waals surface area contributed by atoms with E-state index in [1.165, 1.54) is 0 Å². The number of rotatable bonds is 4. The minimum Gasteiger partial charge on any atom is -0.322 e. The lowest BCUT2D eigenvalue weighted by molar-refractivity contribution is 0.102. The second-order valence-corrected chi connectivity index (χ2v) is 6.88. The SMILES string of the molecule is CC(C)c1c(C#N)cccc1C(=O)Nc1ccc2cnn(-c3cnccn3)c2c1. The predicted octanol–water partition coefficient (Wildman–Crippen LogP) is 4.06. The van der Waals surface area contributed by atoms with E-state index in [0.29, 0.717) is 22.6 Å². The monoisotopic (exact) mass is 382 g/mol. The Labute approximate surface area is 167 Å². The second-order valence-electron chi connectivity index (χ2n) is 6.88. The van der Waals surface area contributed by atoms with Crippen LogP contribution in [0.2, 0.25) is 0 Å². The maximum atomic E-state index is 13.0. The lowest BCUT2D eigenvalue weighted by atomic mass is 9.92. The van der Waals surface area contributed by atoms with Crippen molar-refractivity contribution in [1.29, 1.82) is 5.26 Å². The van der Waals surface area contributed by atoms with Crippen LogP contribution in [0.1, 0.15) is 41.3 Å². The molecule has 0 aliphatic heterocycles. The molecule has 7 heteroatoms. The average Bonchev–Trinajstić information content (AvgIpc) is 3.17. The zero-order valence-corrected chi connectivity index (χ0v) is 16.0. The molecular formula is C22H18N6O. The lowest BCUT2D eigenvalue weighted by Crippen LogP contribution is -2.16. The summed E-state index contributed by atoms with van der Waals surface area (Å²) >= 11 is 0. The lowest BCUT2D eigenvalue weighted by Gasteiger charge is -2.14. The number of amides is 1. The number of carbonyl (C=O) groups excluding carboxylic acids is 1. The molecule has 1 amide bonds. The van der Waals surface area contributed by atoms with Gasteiger partial charge in [0.15, 0.2) is 5.82 Å². The molecule has 0 unspecified atom stereocenters. The molecule has 0 atom stereocenters. The molecule has 1 N–H and O–H groups in total. The standard InChI is InChI=1S/C22H18N6O/c1-14(2)21-15(11-23)4-3-5-18(21)22(29)27-17-7-6-16-12-26-28(19(16)10-17)20-13-24-8-9-25-20/h3-10,12-14H,1-2H3,(H,27,29). The van der Waals surface area contributed by atoms with E-state index in [2.05, 4.69) is 26.5 Å². The van der Waals surface area contributed by atoms with Gasteiger partial charge in [-0.2, -0.15) is 10.4 Å². The number of nitriles is 1. The number of nitrogens with zero attached hydrogens (tertiary/aromatic N) is 5. The molecule has 2 heterocycles. The zero-order chi connectivity index (χ0) is 20.4. The van der Waals surface area contributed by atoms with Gasteiger partial charge in [0.25, 0.3) is 5.91 Å². The Bertz CT molecular complexity index is 1240. The van der Waals surface area contributed by atoms with Crippen LogP contribution in [0.4, 0.5) is 5.69 Å². The molecule has 0 radical (unpaired) electrons. The molecule has 4 rings (SSSR count). The Hall–Kier alpha value is -4.05. The highest BCUT2D eigenvalue weighted by atomic mass is 16.1. The van der Waals surface area contributed by atoms with Crippen LogP contribution in [-0.4, -0.2) is 25.7 Å². The first-order valence-electron chi connectivity index (χ1n) is 9.17. The molecule has 7 nitrogen and oxygen atoms in total. The van der Waals surface area contributed by atoms with Crippen molar-refractivity contribution in [1.82, 2.24) is 19.7 Å². The predicted molar refractivity (Wildman–Crippen MR) is 110 cm³/mol. The minimum atomic E-state index is -0.254. The molecule has 0 spiro atoms. The Balaban J connectivity index is 1.71. The fourth-order valence-electron chi connectivity index (χ4n) is 3.36. The number of benzene rings is 2. The fourth-order valence-corrected chi connectivity index (χ4v) is 3.36. The number of aromatic nitrogens is 4. The third kappa shape index (κ3) is 3.44. The van der Waals surface area contributed by atoms with E-state index in [0.717, 1.165) is 16.5 Å². The van der Waals surface area contributed by atoms with Gasteiger partial charge in [-0.1, -0.05) is 19.9 Å². The summed E-state index contributed by atoms with van der Waals surface area (Å²) < 4.78 is 1.67. The third-order valence-corrected chi connectivity index (χ3v) is 4.64. The summed E-state index contributed by atoms with van der Waals surface area (Å²) in [6.45, 7) is 3.94. The normalized spacial score (nSPS) is 10.8. The molecule has 0 aliphatic carbocycles. The van der Waals surface area contributed by atoms with Crippen molar-refractivity contribution in [2.75, 3.05) is 5.32 Å². The van der Waals surface area contributed by atoms with Crippen molar-refractivity contribution in [2.24, 2.45) is 0 Å². The smallest absolute Gasteiger partial charge is 0.255 e. The van der Waals surface area contributed by atoms with Crippen molar-refractivity contribution < 1.29 is 4.79 Å². The minimum absolute atomic E-state index is 0.0483. The first kappa shape index (κ1) is 18.3. The Morgan fingerprint density at radius 3 is 2.76 bits per heavy atom. The first-order chi connectivity index (χ1) is 14.1. The van der Waals surface area contributed by atoms with Crippen molar-refractivity contribution in [3.8, 4) is 11.9 Å². The van der Waals surface area contributed by atoms with Gasteiger partial charge >= 0.3 is 0 Å². The molecule has 142 valence electrons. The van der Waals surface area contributed by atoms with E-state index in [4.69, 9.17) is 0 Å². The van der Waals surface area contributed by atoms with Crippen LogP contribution in [0.15, 0.2) is 61.2 Å². The largest absolute Gasteiger partial charge is 0.322 e. The number of carbonyl (C=O) groups is 1. The fraction of sp³-hybridized carbons (Fsp3) is 0.136. The van der Waals surface area contributed by atoms with Gasteiger partial charge < -0.3 is 5.32 Å².